The van der Waals surface area contributed by atoms with Crippen LogP contribution in [0.1, 0.15) is 12.8 Å². The first kappa shape index (κ1) is 26.6. The minimum Gasteiger partial charge on any atom is -0.308 e. The van der Waals surface area contributed by atoms with Crippen LogP contribution in [0.15, 0.2) is 70.5 Å². The fourth-order valence-electron chi connectivity index (χ4n) is 4.04. The average molecular weight is 571 g/mol. The molecular weight excluding hydrogens is 550 g/mol. The summed E-state index contributed by atoms with van der Waals surface area (Å²) in [7, 11) is -7.65. The number of carbonyl (C=O) groups excluding carboxylic acids is 1. The lowest BCUT2D eigenvalue weighted by atomic mass is 10.0. The molecule has 0 bridgehead atoms. The molecule has 1 aliphatic heterocycles. The number of piperidine rings is 1. The van der Waals surface area contributed by atoms with E-state index in [0.717, 1.165) is 12.3 Å². The van der Waals surface area contributed by atoms with E-state index in [2.05, 4.69) is 4.72 Å². The average Bonchev–Trinajstić information content (AvgIpc) is 2.82. The molecule has 0 radical (unpaired) electrons. The zero-order valence-electron chi connectivity index (χ0n) is 18.9. The fraction of sp³-hybridized carbons (Fsp3) is 0.208. The second-order valence-corrected chi connectivity index (χ2v) is 12.8. The van der Waals surface area contributed by atoms with Crippen LogP contribution in [0.4, 0.5) is 10.1 Å². The molecule has 1 atom stereocenters. The standard InChI is InChI=1S/C24H21Cl2FN2O5S2/c1-35(31,32)23-7-3-2-5-17(23)15-8-11-22(20(27)13-15)29-12-4-6-21(24(29)30)28-36(33,34)16-9-10-18(25)19(26)14-16/h2-3,5,7-11,13-14,21,28H,4,6,12H2,1H3. The maximum atomic E-state index is 15.2. The Balaban J connectivity index is 1.61. The number of nitrogens with zero attached hydrogens (tertiary/aromatic N) is 1. The number of rotatable bonds is 6. The van der Waals surface area contributed by atoms with Gasteiger partial charge < -0.3 is 4.90 Å². The summed E-state index contributed by atoms with van der Waals surface area (Å²) in [6.07, 6.45) is 1.73. The summed E-state index contributed by atoms with van der Waals surface area (Å²) >= 11 is 11.8. The van der Waals surface area contributed by atoms with E-state index in [-0.39, 0.29) is 38.5 Å². The topological polar surface area (TPSA) is 101 Å². The van der Waals surface area contributed by atoms with Gasteiger partial charge in [0.25, 0.3) is 0 Å². The molecule has 1 fully saturated rings. The van der Waals surface area contributed by atoms with Crippen LogP contribution in [-0.4, -0.2) is 41.6 Å². The van der Waals surface area contributed by atoms with Gasteiger partial charge in [-0.05, 0) is 54.8 Å². The highest BCUT2D eigenvalue weighted by molar-refractivity contribution is 7.91. The normalized spacial score (nSPS) is 16.8. The van der Waals surface area contributed by atoms with Crippen molar-refractivity contribution in [2.24, 2.45) is 0 Å². The lowest BCUT2D eigenvalue weighted by Gasteiger charge is -2.32. The Hall–Kier alpha value is -2.50. The summed E-state index contributed by atoms with van der Waals surface area (Å²) in [5.41, 5.74) is 0.639. The Morgan fingerprint density at radius 1 is 0.972 bits per heavy atom. The highest BCUT2D eigenvalue weighted by atomic mass is 35.5. The van der Waals surface area contributed by atoms with E-state index in [1.807, 2.05) is 0 Å². The minimum atomic E-state index is -4.10. The largest absolute Gasteiger partial charge is 0.308 e. The van der Waals surface area contributed by atoms with Gasteiger partial charge in [0, 0.05) is 18.4 Å². The van der Waals surface area contributed by atoms with E-state index in [1.165, 1.54) is 41.3 Å². The molecule has 1 N–H and O–H groups in total. The number of anilines is 1. The van der Waals surface area contributed by atoms with Crippen molar-refractivity contribution in [3.63, 3.8) is 0 Å². The molecule has 12 heteroatoms. The van der Waals surface area contributed by atoms with E-state index in [4.69, 9.17) is 23.2 Å². The number of sulfone groups is 1. The molecule has 3 aromatic carbocycles. The Kier molecular flexibility index (Phi) is 7.45. The van der Waals surface area contributed by atoms with E-state index >= 15 is 4.39 Å². The molecule has 1 unspecified atom stereocenters. The predicted octanol–water partition coefficient (Wildman–Crippen LogP) is 4.68. The maximum absolute atomic E-state index is 15.2. The fourth-order valence-corrected chi connectivity index (χ4v) is 6.57. The van der Waals surface area contributed by atoms with Crippen molar-refractivity contribution in [1.29, 1.82) is 0 Å². The van der Waals surface area contributed by atoms with Gasteiger partial charge in [-0.15, -0.1) is 0 Å². The second kappa shape index (κ2) is 10.1. The molecule has 1 saturated heterocycles. The number of carbonyl (C=O) groups is 1. The maximum Gasteiger partial charge on any atom is 0.245 e. The lowest BCUT2D eigenvalue weighted by molar-refractivity contribution is -0.121. The smallest absolute Gasteiger partial charge is 0.245 e. The van der Waals surface area contributed by atoms with Crippen molar-refractivity contribution in [2.75, 3.05) is 17.7 Å². The van der Waals surface area contributed by atoms with Gasteiger partial charge in [0.15, 0.2) is 9.84 Å². The van der Waals surface area contributed by atoms with Crippen LogP contribution in [0.2, 0.25) is 10.0 Å². The van der Waals surface area contributed by atoms with Crippen molar-refractivity contribution in [1.82, 2.24) is 4.72 Å². The van der Waals surface area contributed by atoms with Crippen LogP contribution < -0.4 is 9.62 Å². The summed E-state index contributed by atoms with van der Waals surface area (Å²) in [6, 6.07) is 13.0. The summed E-state index contributed by atoms with van der Waals surface area (Å²) in [5, 5.41) is 0.240. The monoisotopic (exact) mass is 570 g/mol. The van der Waals surface area contributed by atoms with Gasteiger partial charge in [-0.1, -0.05) is 47.5 Å². The van der Waals surface area contributed by atoms with Gasteiger partial charge in [0.05, 0.1) is 25.5 Å². The zero-order chi connectivity index (χ0) is 26.3. The Morgan fingerprint density at radius 3 is 2.36 bits per heavy atom. The Labute approximate surface area is 218 Å². The van der Waals surface area contributed by atoms with Crippen LogP contribution >= 0.6 is 23.2 Å². The Morgan fingerprint density at radius 2 is 1.69 bits per heavy atom. The molecule has 0 aliphatic carbocycles. The molecule has 1 amide bonds. The van der Waals surface area contributed by atoms with Gasteiger partial charge >= 0.3 is 0 Å². The third-order valence-corrected chi connectivity index (χ3v) is 9.14. The number of nitrogens with one attached hydrogen (secondary N) is 1. The highest BCUT2D eigenvalue weighted by Crippen LogP contribution is 2.32. The van der Waals surface area contributed by atoms with Crippen LogP contribution in [0.25, 0.3) is 11.1 Å². The molecule has 0 saturated carbocycles. The van der Waals surface area contributed by atoms with Crippen LogP contribution in [0.5, 0.6) is 0 Å². The Bertz CT molecular complexity index is 1560. The van der Waals surface area contributed by atoms with Gasteiger partial charge in [-0.3, -0.25) is 4.79 Å². The summed E-state index contributed by atoms with van der Waals surface area (Å²) < 4.78 is 67.5. The van der Waals surface area contributed by atoms with Crippen molar-refractivity contribution in [3.05, 3.63) is 76.5 Å². The first-order valence-corrected chi connectivity index (χ1v) is 14.9. The van der Waals surface area contributed by atoms with Gasteiger partial charge in [-0.2, -0.15) is 4.72 Å². The summed E-state index contributed by atoms with van der Waals surface area (Å²) in [5.74, 6) is -1.34. The number of benzene rings is 3. The van der Waals surface area contributed by atoms with Crippen molar-refractivity contribution < 1.29 is 26.0 Å². The van der Waals surface area contributed by atoms with E-state index in [0.29, 0.717) is 17.5 Å². The third-order valence-electron chi connectivity index (χ3n) is 5.77. The highest BCUT2D eigenvalue weighted by Gasteiger charge is 2.34. The number of hydrogen-bond donors (Lipinski definition) is 1. The first-order valence-electron chi connectivity index (χ1n) is 10.8. The number of halogens is 3. The van der Waals surface area contributed by atoms with Gasteiger partial charge in [0.1, 0.15) is 11.9 Å². The zero-order valence-corrected chi connectivity index (χ0v) is 22.1. The van der Waals surface area contributed by atoms with Gasteiger partial charge in [0.2, 0.25) is 15.9 Å². The SMILES string of the molecule is CS(=O)(=O)c1ccccc1-c1ccc(N2CCCC(NS(=O)(=O)c3ccc(Cl)c(Cl)c3)C2=O)c(F)c1. The quantitative estimate of drug-likeness (QED) is 0.464. The number of hydrogen-bond acceptors (Lipinski definition) is 5. The lowest BCUT2D eigenvalue weighted by Crippen LogP contribution is -2.52. The molecule has 0 spiro atoms. The van der Waals surface area contributed by atoms with E-state index < -0.39 is 37.6 Å². The molecule has 1 aliphatic rings. The molecule has 0 aromatic heterocycles. The summed E-state index contributed by atoms with van der Waals surface area (Å²) in [6.45, 7) is 0.194. The number of amides is 1. The molecule has 4 rings (SSSR count). The van der Waals surface area contributed by atoms with Crippen molar-refractivity contribution in [2.45, 2.75) is 28.7 Å². The molecule has 7 nitrogen and oxygen atoms in total. The van der Waals surface area contributed by atoms with E-state index in [1.54, 1.807) is 18.2 Å². The van der Waals surface area contributed by atoms with Crippen LogP contribution in [0.3, 0.4) is 0 Å². The second-order valence-electron chi connectivity index (χ2n) is 8.32. The van der Waals surface area contributed by atoms with E-state index in [9.17, 15) is 21.6 Å². The van der Waals surface area contributed by atoms with Gasteiger partial charge in [-0.25, -0.2) is 21.2 Å². The predicted molar refractivity (Wildman–Crippen MR) is 137 cm³/mol. The molecule has 36 heavy (non-hydrogen) atoms. The van der Waals surface area contributed by atoms with Crippen LogP contribution in [0, 0.1) is 5.82 Å². The van der Waals surface area contributed by atoms with Crippen LogP contribution in [-0.2, 0) is 24.7 Å². The minimum absolute atomic E-state index is 0.0287. The molecular formula is C24H21Cl2FN2O5S2. The molecule has 1 heterocycles. The van der Waals surface area contributed by atoms with Crippen molar-refractivity contribution >= 4 is 54.7 Å². The number of sulfonamides is 1. The molecule has 3 aromatic rings. The molecule has 190 valence electrons. The first-order chi connectivity index (χ1) is 16.9. The van der Waals surface area contributed by atoms with Crippen molar-refractivity contribution in [3.8, 4) is 11.1 Å². The summed E-state index contributed by atoms with van der Waals surface area (Å²) in [4.78, 5) is 14.2. The third kappa shape index (κ3) is 5.42.